The van der Waals surface area contributed by atoms with E-state index in [4.69, 9.17) is 0 Å². The third-order valence-electron chi connectivity index (χ3n) is 4.43. The van der Waals surface area contributed by atoms with Gasteiger partial charge in [0.1, 0.15) is 11.3 Å². The van der Waals surface area contributed by atoms with Gasteiger partial charge in [-0.2, -0.15) is 0 Å². The molecule has 4 rings (SSSR count). The number of aromatic hydroxyl groups is 1. The first-order valence-electron chi connectivity index (χ1n) is 7.65. The van der Waals surface area contributed by atoms with Crippen molar-refractivity contribution in [3.8, 4) is 5.75 Å². The highest BCUT2D eigenvalue weighted by molar-refractivity contribution is 6.13. The van der Waals surface area contributed by atoms with E-state index in [-0.39, 0.29) is 11.3 Å². The minimum Gasteiger partial charge on any atom is -0.506 e. The van der Waals surface area contributed by atoms with E-state index < -0.39 is 11.3 Å². The van der Waals surface area contributed by atoms with Crippen LogP contribution in [-0.2, 0) is 13.0 Å². The second-order valence-electron chi connectivity index (χ2n) is 5.79. The third kappa shape index (κ3) is 1.99. The Morgan fingerprint density at radius 3 is 2.61 bits per heavy atom. The van der Waals surface area contributed by atoms with E-state index in [9.17, 15) is 14.7 Å². The van der Waals surface area contributed by atoms with E-state index in [2.05, 4.69) is 0 Å². The number of hydrogen-bond acceptors (Lipinski definition) is 3. The molecular weight excluding hydrogens is 290 g/mol. The van der Waals surface area contributed by atoms with Crippen LogP contribution in [0.2, 0.25) is 0 Å². The van der Waals surface area contributed by atoms with Crippen molar-refractivity contribution >= 4 is 16.7 Å². The number of ketones is 1. The Morgan fingerprint density at radius 2 is 1.83 bits per heavy atom. The smallest absolute Gasteiger partial charge is 0.266 e. The summed E-state index contributed by atoms with van der Waals surface area (Å²) in [6.45, 7) is 0.571. The Balaban J connectivity index is 2.06. The van der Waals surface area contributed by atoms with Crippen molar-refractivity contribution in [3.63, 3.8) is 0 Å². The monoisotopic (exact) mass is 305 g/mol. The minimum atomic E-state index is -0.435. The van der Waals surface area contributed by atoms with Crippen molar-refractivity contribution in [2.45, 2.75) is 19.4 Å². The first-order valence-corrected chi connectivity index (χ1v) is 7.65. The zero-order chi connectivity index (χ0) is 16.0. The molecule has 2 aromatic carbocycles. The molecule has 2 heterocycles. The molecule has 3 aromatic rings. The van der Waals surface area contributed by atoms with Crippen molar-refractivity contribution in [3.05, 3.63) is 75.6 Å². The van der Waals surface area contributed by atoms with Gasteiger partial charge in [-0.05, 0) is 24.5 Å². The van der Waals surface area contributed by atoms with Gasteiger partial charge in [-0.25, -0.2) is 0 Å². The summed E-state index contributed by atoms with van der Waals surface area (Å²) in [5, 5.41) is 11.2. The number of pyridine rings is 1. The number of nitrogens with zero attached hydrogens (tertiary/aromatic N) is 1. The molecule has 1 aliphatic heterocycles. The van der Waals surface area contributed by atoms with Crippen LogP contribution in [-0.4, -0.2) is 15.5 Å². The van der Waals surface area contributed by atoms with E-state index in [0.29, 0.717) is 17.5 Å². The van der Waals surface area contributed by atoms with Crippen LogP contribution in [0.1, 0.15) is 27.9 Å². The average Bonchev–Trinajstić information content (AvgIpc) is 2.60. The molecule has 0 amide bonds. The van der Waals surface area contributed by atoms with E-state index >= 15 is 0 Å². The number of para-hydroxylation sites is 1. The summed E-state index contributed by atoms with van der Waals surface area (Å²) >= 11 is 0. The highest BCUT2D eigenvalue weighted by atomic mass is 16.3. The van der Waals surface area contributed by atoms with Gasteiger partial charge in [0.15, 0.2) is 0 Å². The Hall–Kier alpha value is -2.88. The van der Waals surface area contributed by atoms with Crippen LogP contribution in [0.4, 0.5) is 0 Å². The molecule has 0 radical (unpaired) electrons. The number of benzene rings is 2. The Morgan fingerprint density at radius 1 is 1.04 bits per heavy atom. The molecule has 23 heavy (non-hydrogen) atoms. The summed E-state index contributed by atoms with van der Waals surface area (Å²) in [5.74, 6) is -0.645. The maximum Gasteiger partial charge on any atom is 0.266 e. The fourth-order valence-corrected chi connectivity index (χ4v) is 3.35. The van der Waals surface area contributed by atoms with Crippen molar-refractivity contribution in [1.29, 1.82) is 0 Å². The lowest BCUT2D eigenvalue weighted by Gasteiger charge is -2.21. The van der Waals surface area contributed by atoms with Crippen LogP contribution in [0, 0.1) is 0 Å². The van der Waals surface area contributed by atoms with Gasteiger partial charge in [0.25, 0.3) is 5.56 Å². The first kappa shape index (κ1) is 13.8. The molecule has 0 fully saturated rings. The molecule has 114 valence electrons. The van der Waals surface area contributed by atoms with Gasteiger partial charge in [-0.3, -0.25) is 9.59 Å². The van der Waals surface area contributed by atoms with E-state index in [1.165, 1.54) is 0 Å². The molecule has 0 unspecified atom stereocenters. The summed E-state index contributed by atoms with van der Waals surface area (Å²) in [4.78, 5) is 25.5. The number of hydrogen-bond donors (Lipinski definition) is 1. The van der Waals surface area contributed by atoms with Crippen molar-refractivity contribution in [2.24, 2.45) is 0 Å². The number of aromatic nitrogens is 1. The maximum atomic E-state index is 12.8. The van der Waals surface area contributed by atoms with Gasteiger partial charge in [0.05, 0.1) is 5.52 Å². The van der Waals surface area contributed by atoms with Gasteiger partial charge in [-0.15, -0.1) is 0 Å². The molecule has 0 saturated carbocycles. The Bertz CT molecular complexity index is 987. The topological polar surface area (TPSA) is 59.3 Å². The SMILES string of the molecule is O=C(c1ccccc1)c1c(O)c2cccc3c2n(c1=O)CCC3. The van der Waals surface area contributed by atoms with Crippen LogP contribution >= 0.6 is 0 Å². The summed E-state index contributed by atoms with van der Waals surface area (Å²) < 4.78 is 1.63. The van der Waals surface area contributed by atoms with Crippen LogP contribution in [0.25, 0.3) is 10.9 Å². The van der Waals surface area contributed by atoms with E-state index in [1.807, 2.05) is 12.1 Å². The molecule has 4 heteroatoms. The van der Waals surface area contributed by atoms with Gasteiger partial charge < -0.3 is 9.67 Å². The summed E-state index contributed by atoms with van der Waals surface area (Å²) in [6, 6.07) is 14.2. The number of carbonyl (C=O) groups excluding carboxylic acids is 1. The molecule has 0 bridgehead atoms. The largest absolute Gasteiger partial charge is 0.506 e. The predicted octanol–water partition coefficient (Wildman–Crippen LogP) is 2.88. The molecular formula is C19H15NO3. The fourth-order valence-electron chi connectivity index (χ4n) is 3.35. The van der Waals surface area contributed by atoms with Crippen LogP contribution in [0.3, 0.4) is 0 Å². The fraction of sp³-hybridized carbons (Fsp3) is 0.158. The average molecular weight is 305 g/mol. The van der Waals surface area contributed by atoms with Crippen molar-refractivity contribution < 1.29 is 9.90 Å². The molecule has 0 aliphatic carbocycles. The summed E-state index contributed by atoms with van der Waals surface area (Å²) in [7, 11) is 0. The summed E-state index contributed by atoms with van der Waals surface area (Å²) in [6.07, 6.45) is 1.73. The second kappa shape index (κ2) is 5.09. The van der Waals surface area contributed by atoms with Crippen LogP contribution in [0.5, 0.6) is 5.75 Å². The van der Waals surface area contributed by atoms with Gasteiger partial charge in [0.2, 0.25) is 5.78 Å². The number of aryl methyl sites for hydroxylation is 2. The van der Waals surface area contributed by atoms with Crippen molar-refractivity contribution in [1.82, 2.24) is 4.57 Å². The van der Waals surface area contributed by atoms with E-state index in [1.54, 1.807) is 41.0 Å². The van der Waals surface area contributed by atoms with Gasteiger partial charge >= 0.3 is 0 Å². The van der Waals surface area contributed by atoms with E-state index in [0.717, 1.165) is 23.9 Å². The Labute approximate surface area is 132 Å². The Kier molecular flexibility index (Phi) is 3.05. The van der Waals surface area contributed by atoms with Crippen LogP contribution < -0.4 is 5.56 Å². The predicted molar refractivity (Wildman–Crippen MR) is 88.1 cm³/mol. The lowest BCUT2D eigenvalue weighted by atomic mass is 9.96. The quantitative estimate of drug-likeness (QED) is 0.741. The maximum absolute atomic E-state index is 12.8. The lowest BCUT2D eigenvalue weighted by Crippen LogP contribution is -2.30. The first-order chi connectivity index (χ1) is 11.2. The molecule has 1 aliphatic rings. The highest BCUT2D eigenvalue weighted by Gasteiger charge is 2.25. The van der Waals surface area contributed by atoms with Gasteiger partial charge in [-0.1, -0.05) is 42.5 Å². The zero-order valence-corrected chi connectivity index (χ0v) is 12.5. The number of carbonyl (C=O) groups is 1. The summed E-state index contributed by atoms with van der Waals surface area (Å²) in [5.41, 5.74) is 1.66. The normalized spacial score (nSPS) is 13.2. The minimum absolute atomic E-state index is 0.136. The second-order valence-corrected chi connectivity index (χ2v) is 5.79. The molecule has 0 atom stereocenters. The highest BCUT2D eigenvalue weighted by Crippen LogP contribution is 2.32. The molecule has 4 nitrogen and oxygen atoms in total. The third-order valence-corrected chi connectivity index (χ3v) is 4.43. The molecule has 1 aromatic heterocycles. The molecule has 0 spiro atoms. The van der Waals surface area contributed by atoms with Crippen molar-refractivity contribution in [2.75, 3.05) is 0 Å². The molecule has 0 saturated heterocycles. The number of rotatable bonds is 2. The molecule has 1 N–H and O–H groups in total. The van der Waals surface area contributed by atoms with Crippen LogP contribution in [0.15, 0.2) is 53.3 Å². The zero-order valence-electron chi connectivity index (χ0n) is 12.5. The standard InChI is InChI=1S/C19H15NO3/c21-17(13-6-2-1-3-7-13)15-18(22)14-10-4-8-12-9-5-11-20(16(12)14)19(15)23/h1-4,6-8,10,22H,5,9,11H2. The lowest BCUT2D eigenvalue weighted by molar-refractivity contribution is 0.103. The van der Waals surface area contributed by atoms with Gasteiger partial charge in [0, 0.05) is 17.5 Å².